The lowest BCUT2D eigenvalue weighted by molar-refractivity contribution is -0.158. The second-order valence-electron chi connectivity index (χ2n) is 7.86. The third kappa shape index (κ3) is 3.95. The van der Waals surface area contributed by atoms with E-state index in [2.05, 4.69) is 25.7 Å². The van der Waals surface area contributed by atoms with Crippen molar-refractivity contribution in [2.24, 2.45) is 5.92 Å². The lowest BCUT2D eigenvalue weighted by Crippen LogP contribution is -2.73. The summed E-state index contributed by atoms with van der Waals surface area (Å²) in [5.74, 6) is 6.50. The quantitative estimate of drug-likeness (QED) is 0.753. The fraction of sp³-hybridized carbons (Fsp3) is 0.571. The summed E-state index contributed by atoms with van der Waals surface area (Å²) in [6.07, 6.45) is 0.845. The first-order chi connectivity index (χ1) is 13.3. The van der Waals surface area contributed by atoms with Gasteiger partial charge in [0.1, 0.15) is 0 Å². The predicted octanol–water partition coefficient (Wildman–Crippen LogP) is 1.40. The van der Waals surface area contributed by atoms with E-state index in [9.17, 15) is 18.3 Å². The molecule has 1 amide bonds. The van der Waals surface area contributed by atoms with Crippen LogP contribution in [-0.4, -0.2) is 66.2 Å². The Balaban J connectivity index is 1.80. The molecular formula is C21H28N2O4S. The molecule has 2 aliphatic heterocycles. The Bertz CT molecular complexity index is 883. The van der Waals surface area contributed by atoms with E-state index in [0.29, 0.717) is 5.92 Å². The Morgan fingerprint density at radius 3 is 2.50 bits per heavy atom. The average molecular weight is 405 g/mol. The molecule has 1 N–H and O–H groups in total. The summed E-state index contributed by atoms with van der Waals surface area (Å²) in [6.45, 7) is 5.84. The van der Waals surface area contributed by atoms with E-state index in [-0.39, 0.29) is 49.4 Å². The monoisotopic (exact) mass is 404 g/mol. The molecule has 6 nitrogen and oxygen atoms in total. The van der Waals surface area contributed by atoms with Crippen LogP contribution in [0.3, 0.4) is 0 Å². The van der Waals surface area contributed by atoms with Gasteiger partial charge in [0.15, 0.2) is 0 Å². The maximum absolute atomic E-state index is 12.5. The largest absolute Gasteiger partial charge is 0.394 e. The van der Waals surface area contributed by atoms with E-state index in [0.717, 1.165) is 17.5 Å². The standard InChI is InChI=1S/C21H28N2O4S/c1-4-28(26,27)22-12-18-21(19(14-24)23(18)20(25)13-22)17-10-8-16(9-11-17)7-5-6-15(2)3/h8-11,15,18-19,21,24H,4,6,12-14H2,1-3H3/t18-,19+,21-/m0/s1. The minimum absolute atomic E-state index is 0.0230. The number of nitrogens with zero attached hydrogens (tertiary/aromatic N) is 2. The molecule has 2 saturated heterocycles. The molecule has 7 heteroatoms. The molecule has 0 aromatic heterocycles. The first-order valence-corrected chi connectivity index (χ1v) is 11.4. The molecule has 2 aliphatic rings. The predicted molar refractivity (Wildman–Crippen MR) is 108 cm³/mol. The molecule has 2 fully saturated rings. The molecule has 152 valence electrons. The highest BCUT2D eigenvalue weighted by Crippen LogP contribution is 2.43. The first-order valence-electron chi connectivity index (χ1n) is 9.77. The fourth-order valence-electron chi connectivity index (χ4n) is 4.01. The van der Waals surface area contributed by atoms with E-state index in [1.165, 1.54) is 4.31 Å². The second kappa shape index (κ2) is 8.24. The van der Waals surface area contributed by atoms with Gasteiger partial charge < -0.3 is 10.0 Å². The van der Waals surface area contributed by atoms with E-state index in [1.807, 2.05) is 24.3 Å². The molecule has 0 unspecified atom stereocenters. The van der Waals surface area contributed by atoms with Crippen molar-refractivity contribution in [2.75, 3.05) is 25.4 Å². The van der Waals surface area contributed by atoms with Crippen LogP contribution in [0.15, 0.2) is 24.3 Å². The lowest BCUT2D eigenvalue weighted by Gasteiger charge is -2.58. The van der Waals surface area contributed by atoms with Crippen LogP contribution in [0.1, 0.15) is 44.2 Å². The molecule has 1 aromatic carbocycles. The number of carbonyl (C=O) groups excluding carboxylic acids is 1. The topological polar surface area (TPSA) is 77.9 Å². The smallest absolute Gasteiger partial charge is 0.238 e. The van der Waals surface area contributed by atoms with Crippen LogP contribution in [0.25, 0.3) is 0 Å². The summed E-state index contributed by atoms with van der Waals surface area (Å²) in [7, 11) is -3.43. The summed E-state index contributed by atoms with van der Waals surface area (Å²) in [5, 5.41) is 9.82. The van der Waals surface area contributed by atoms with Crippen molar-refractivity contribution in [3.8, 4) is 11.8 Å². The van der Waals surface area contributed by atoms with Crippen molar-refractivity contribution < 1.29 is 18.3 Å². The Morgan fingerprint density at radius 2 is 1.93 bits per heavy atom. The zero-order valence-corrected chi connectivity index (χ0v) is 17.4. The minimum atomic E-state index is -3.43. The summed E-state index contributed by atoms with van der Waals surface area (Å²) < 4.78 is 25.8. The number of sulfonamides is 1. The van der Waals surface area contributed by atoms with Gasteiger partial charge in [0, 0.05) is 24.4 Å². The molecule has 1 aromatic rings. The van der Waals surface area contributed by atoms with E-state index in [4.69, 9.17) is 0 Å². The number of piperazine rings is 1. The SMILES string of the molecule is CCS(=O)(=O)N1CC(=O)N2[C@H](CO)[C@@H](c3ccc(C#CCC(C)C)cc3)[C@@H]2C1. The van der Waals surface area contributed by atoms with Gasteiger partial charge >= 0.3 is 0 Å². The van der Waals surface area contributed by atoms with Gasteiger partial charge in [-0.05, 0) is 30.5 Å². The van der Waals surface area contributed by atoms with Gasteiger partial charge in [-0.25, -0.2) is 8.42 Å². The van der Waals surface area contributed by atoms with Crippen LogP contribution in [0.2, 0.25) is 0 Å². The van der Waals surface area contributed by atoms with Crippen LogP contribution >= 0.6 is 0 Å². The number of aliphatic hydroxyl groups excluding tert-OH is 1. The van der Waals surface area contributed by atoms with Crippen molar-refractivity contribution >= 4 is 15.9 Å². The molecule has 2 heterocycles. The van der Waals surface area contributed by atoms with E-state index < -0.39 is 10.0 Å². The maximum Gasteiger partial charge on any atom is 0.238 e. The van der Waals surface area contributed by atoms with Gasteiger partial charge in [0.05, 0.1) is 31.0 Å². The molecule has 0 spiro atoms. The van der Waals surface area contributed by atoms with Gasteiger partial charge in [-0.2, -0.15) is 4.31 Å². The Hall–Kier alpha value is -1.88. The highest BCUT2D eigenvalue weighted by molar-refractivity contribution is 7.89. The third-order valence-electron chi connectivity index (χ3n) is 5.52. The first kappa shape index (κ1) is 20.8. The fourth-order valence-corrected chi connectivity index (χ4v) is 5.06. The van der Waals surface area contributed by atoms with Gasteiger partial charge in [-0.3, -0.25) is 4.79 Å². The van der Waals surface area contributed by atoms with Crippen LogP contribution in [0.4, 0.5) is 0 Å². The average Bonchev–Trinajstić information content (AvgIpc) is 2.64. The van der Waals surface area contributed by atoms with Crippen molar-refractivity contribution in [2.45, 2.75) is 45.2 Å². The summed E-state index contributed by atoms with van der Waals surface area (Å²) in [6, 6.07) is 7.30. The molecule has 0 bridgehead atoms. The van der Waals surface area contributed by atoms with Crippen LogP contribution in [-0.2, 0) is 14.8 Å². The lowest BCUT2D eigenvalue weighted by atomic mass is 9.74. The van der Waals surface area contributed by atoms with Crippen molar-refractivity contribution in [1.29, 1.82) is 0 Å². The van der Waals surface area contributed by atoms with Crippen molar-refractivity contribution in [3.05, 3.63) is 35.4 Å². The number of amides is 1. The zero-order chi connectivity index (χ0) is 20.5. The third-order valence-corrected chi connectivity index (χ3v) is 7.31. The van der Waals surface area contributed by atoms with Crippen LogP contribution in [0, 0.1) is 17.8 Å². The summed E-state index contributed by atoms with van der Waals surface area (Å²) in [5.41, 5.74) is 1.93. The zero-order valence-electron chi connectivity index (χ0n) is 16.6. The Kier molecular flexibility index (Phi) is 6.13. The number of benzene rings is 1. The van der Waals surface area contributed by atoms with E-state index >= 15 is 0 Å². The number of aliphatic hydroxyl groups is 1. The number of hydrogen-bond acceptors (Lipinski definition) is 4. The van der Waals surface area contributed by atoms with E-state index in [1.54, 1.807) is 11.8 Å². The van der Waals surface area contributed by atoms with Crippen molar-refractivity contribution in [3.63, 3.8) is 0 Å². The number of hydrogen-bond donors (Lipinski definition) is 1. The maximum atomic E-state index is 12.5. The molecule has 0 radical (unpaired) electrons. The number of carbonyl (C=O) groups is 1. The summed E-state index contributed by atoms with van der Waals surface area (Å²) >= 11 is 0. The number of fused-ring (bicyclic) bond motifs is 1. The molecule has 28 heavy (non-hydrogen) atoms. The summed E-state index contributed by atoms with van der Waals surface area (Å²) in [4.78, 5) is 14.1. The molecular weight excluding hydrogens is 376 g/mol. The van der Waals surface area contributed by atoms with Gasteiger partial charge in [0.2, 0.25) is 15.9 Å². The van der Waals surface area contributed by atoms with Gasteiger partial charge in [-0.1, -0.05) is 37.8 Å². The van der Waals surface area contributed by atoms with Crippen LogP contribution in [0.5, 0.6) is 0 Å². The highest BCUT2D eigenvalue weighted by atomic mass is 32.2. The molecule has 3 rings (SSSR count). The van der Waals surface area contributed by atoms with Crippen molar-refractivity contribution in [1.82, 2.24) is 9.21 Å². The highest BCUT2D eigenvalue weighted by Gasteiger charge is 2.55. The molecule has 0 aliphatic carbocycles. The number of rotatable bonds is 5. The molecule has 3 atom stereocenters. The normalized spacial score (nSPS) is 25.1. The second-order valence-corrected chi connectivity index (χ2v) is 10.1. The molecule has 0 saturated carbocycles. The van der Waals surface area contributed by atoms with Gasteiger partial charge in [-0.15, -0.1) is 0 Å². The minimum Gasteiger partial charge on any atom is -0.394 e. The Morgan fingerprint density at radius 1 is 1.25 bits per heavy atom. The van der Waals surface area contributed by atoms with Crippen LogP contribution < -0.4 is 0 Å². The van der Waals surface area contributed by atoms with Gasteiger partial charge in [0.25, 0.3) is 0 Å². The Labute approximate surface area is 167 Å².